The van der Waals surface area contributed by atoms with Gasteiger partial charge in [0.15, 0.2) is 0 Å². The molecule has 0 aliphatic carbocycles. The first kappa shape index (κ1) is 19.6. The van der Waals surface area contributed by atoms with Crippen LogP contribution in [0.25, 0.3) is 10.9 Å². The van der Waals surface area contributed by atoms with Gasteiger partial charge in [0.1, 0.15) is 5.75 Å². The third-order valence-corrected chi connectivity index (χ3v) is 4.77. The number of phenols is 1. The zero-order valence-corrected chi connectivity index (χ0v) is 16.0. The summed E-state index contributed by atoms with van der Waals surface area (Å²) in [4.78, 5) is 4.53. The minimum atomic E-state index is 0.292. The number of aromatic hydroxyl groups is 1. The molecular weight excluding hydrogens is 308 g/mol. The van der Waals surface area contributed by atoms with Crippen LogP contribution in [0.5, 0.6) is 5.75 Å². The number of rotatable bonds is 12. The largest absolute Gasteiger partial charge is 0.508 e. The molecule has 0 amide bonds. The molecule has 0 fully saturated rings. The zero-order chi connectivity index (χ0) is 17.9. The molecule has 25 heavy (non-hydrogen) atoms. The van der Waals surface area contributed by atoms with Gasteiger partial charge in [-0.15, -0.1) is 0 Å². The molecule has 138 valence electrons. The smallest absolute Gasteiger partial charge is 0.116 e. The van der Waals surface area contributed by atoms with Crippen LogP contribution < -0.4 is 5.32 Å². The number of phenolic OH excluding ortho intramolecular Hbond substituents is 1. The number of anilines is 1. The normalized spacial score (nSPS) is 11.1. The van der Waals surface area contributed by atoms with Crippen LogP contribution in [0.15, 0.2) is 24.3 Å². The van der Waals surface area contributed by atoms with Gasteiger partial charge >= 0.3 is 0 Å². The molecule has 0 radical (unpaired) electrons. The average molecular weight is 343 g/mol. The number of hydrogen-bond acceptors (Lipinski definition) is 3. The minimum Gasteiger partial charge on any atom is -0.508 e. The second-order valence-corrected chi connectivity index (χ2v) is 7.12. The molecule has 2 aromatic rings. The highest BCUT2D eigenvalue weighted by atomic mass is 16.3. The lowest BCUT2D eigenvalue weighted by Crippen LogP contribution is -2.03. The Labute approximate surface area is 152 Å². The number of hydrogen-bond donors (Lipinski definition) is 2. The summed E-state index contributed by atoms with van der Waals surface area (Å²) < 4.78 is 0. The van der Waals surface area contributed by atoms with Crippen molar-refractivity contribution in [3.63, 3.8) is 0 Å². The van der Waals surface area contributed by atoms with Gasteiger partial charge < -0.3 is 10.4 Å². The third kappa shape index (κ3) is 6.93. The van der Waals surface area contributed by atoms with E-state index in [-0.39, 0.29) is 0 Å². The van der Waals surface area contributed by atoms with E-state index in [0.29, 0.717) is 5.75 Å². The van der Waals surface area contributed by atoms with Crippen molar-refractivity contribution in [2.75, 3.05) is 11.9 Å². The summed E-state index contributed by atoms with van der Waals surface area (Å²) in [5.74, 6) is 0.292. The Balaban J connectivity index is 1.65. The summed E-state index contributed by atoms with van der Waals surface area (Å²) >= 11 is 0. The van der Waals surface area contributed by atoms with Crippen LogP contribution in [0.1, 0.15) is 76.8 Å². The van der Waals surface area contributed by atoms with Crippen molar-refractivity contribution in [2.24, 2.45) is 0 Å². The van der Waals surface area contributed by atoms with E-state index < -0.39 is 0 Å². The van der Waals surface area contributed by atoms with Crippen molar-refractivity contribution >= 4 is 16.6 Å². The highest BCUT2D eigenvalue weighted by Gasteiger charge is 2.04. The second-order valence-electron chi connectivity index (χ2n) is 7.12. The summed E-state index contributed by atoms with van der Waals surface area (Å²) in [5.41, 5.74) is 3.02. The van der Waals surface area contributed by atoms with Crippen LogP contribution in [-0.2, 0) is 0 Å². The number of nitrogens with one attached hydrogen (secondary N) is 1. The predicted molar refractivity (Wildman–Crippen MR) is 108 cm³/mol. The first-order chi connectivity index (χ1) is 12.2. The maximum atomic E-state index is 9.73. The van der Waals surface area contributed by atoms with E-state index in [1.807, 2.05) is 13.0 Å². The molecule has 0 bridgehead atoms. The molecule has 0 unspecified atom stereocenters. The monoisotopic (exact) mass is 342 g/mol. The number of fused-ring (bicyclic) bond motifs is 1. The van der Waals surface area contributed by atoms with Gasteiger partial charge in [-0.05, 0) is 37.6 Å². The van der Waals surface area contributed by atoms with Crippen molar-refractivity contribution in [2.45, 2.75) is 78.1 Å². The Bertz CT molecular complexity index is 639. The van der Waals surface area contributed by atoms with Crippen molar-refractivity contribution in [1.82, 2.24) is 4.98 Å². The highest BCUT2D eigenvalue weighted by molar-refractivity contribution is 5.92. The highest BCUT2D eigenvalue weighted by Crippen LogP contribution is 2.26. The molecule has 1 heterocycles. The van der Waals surface area contributed by atoms with Gasteiger partial charge in [-0.1, -0.05) is 64.7 Å². The Morgan fingerprint density at radius 2 is 1.52 bits per heavy atom. The number of nitrogens with zero attached hydrogens (tertiary/aromatic N) is 1. The Morgan fingerprint density at radius 1 is 0.880 bits per heavy atom. The fraction of sp³-hybridized carbons (Fsp3) is 0.591. The van der Waals surface area contributed by atoms with Gasteiger partial charge in [0.05, 0.1) is 5.52 Å². The number of unbranched alkanes of at least 4 members (excludes halogenated alkanes) is 9. The van der Waals surface area contributed by atoms with Crippen molar-refractivity contribution in [1.29, 1.82) is 0 Å². The molecule has 0 saturated carbocycles. The fourth-order valence-corrected chi connectivity index (χ4v) is 3.33. The Hall–Kier alpha value is -1.77. The van der Waals surface area contributed by atoms with E-state index >= 15 is 0 Å². The summed E-state index contributed by atoms with van der Waals surface area (Å²) in [6.45, 7) is 5.26. The average Bonchev–Trinajstić information content (AvgIpc) is 2.60. The van der Waals surface area contributed by atoms with Gasteiger partial charge in [-0.25, -0.2) is 0 Å². The molecule has 1 aromatic heterocycles. The fourth-order valence-electron chi connectivity index (χ4n) is 3.33. The Kier molecular flexibility index (Phi) is 8.58. The van der Waals surface area contributed by atoms with Gasteiger partial charge in [0.25, 0.3) is 0 Å². The van der Waals surface area contributed by atoms with Crippen LogP contribution >= 0.6 is 0 Å². The van der Waals surface area contributed by atoms with Crippen molar-refractivity contribution < 1.29 is 5.11 Å². The molecule has 0 aliphatic rings. The standard InChI is InChI=1S/C22H34N2O/c1-3-4-5-6-7-8-9-10-11-12-15-23-22-16-18(2)24-21-14-13-19(25)17-20(21)22/h13-14,16-17,25H,3-12,15H2,1-2H3,(H,23,24). The van der Waals surface area contributed by atoms with Crippen LogP contribution in [-0.4, -0.2) is 16.6 Å². The lowest BCUT2D eigenvalue weighted by Gasteiger charge is -2.11. The van der Waals surface area contributed by atoms with E-state index in [0.717, 1.165) is 28.8 Å². The van der Waals surface area contributed by atoms with Crippen molar-refractivity contribution in [3.05, 3.63) is 30.0 Å². The maximum Gasteiger partial charge on any atom is 0.116 e. The SMILES string of the molecule is CCCCCCCCCCCCNc1cc(C)nc2ccc(O)cc12. The van der Waals surface area contributed by atoms with Gasteiger partial charge in [0, 0.05) is 23.3 Å². The molecule has 2 rings (SSSR count). The summed E-state index contributed by atoms with van der Waals surface area (Å²) in [7, 11) is 0. The van der Waals surface area contributed by atoms with Crippen LogP contribution in [0.4, 0.5) is 5.69 Å². The summed E-state index contributed by atoms with van der Waals surface area (Å²) in [5, 5.41) is 14.3. The van der Waals surface area contributed by atoms with Gasteiger partial charge in [0.2, 0.25) is 0 Å². The zero-order valence-electron chi connectivity index (χ0n) is 16.0. The molecule has 0 atom stereocenters. The first-order valence-corrected chi connectivity index (χ1v) is 10.0. The van der Waals surface area contributed by atoms with E-state index in [4.69, 9.17) is 0 Å². The predicted octanol–water partition coefficient (Wildman–Crippen LogP) is 6.58. The van der Waals surface area contributed by atoms with Gasteiger partial charge in [-0.2, -0.15) is 0 Å². The molecule has 0 spiro atoms. The van der Waals surface area contributed by atoms with E-state index in [1.165, 1.54) is 64.2 Å². The second kappa shape index (κ2) is 11.0. The van der Waals surface area contributed by atoms with E-state index in [1.54, 1.807) is 12.1 Å². The van der Waals surface area contributed by atoms with E-state index in [2.05, 4.69) is 23.3 Å². The number of benzene rings is 1. The third-order valence-electron chi connectivity index (χ3n) is 4.77. The van der Waals surface area contributed by atoms with Crippen molar-refractivity contribution in [3.8, 4) is 5.75 Å². The molecule has 0 saturated heterocycles. The molecule has 3 heteroatoms. The maximum absolute atomic E-state index is 9.73. The molecule has 2 N–H and O–H groups in total. The summed E-state index contributed by atoms with van der Waals surface area (Å²) in [6, 6.07) is 7.44. The molecule has 0 aliphatic heterocycles. The quantitative estimate of drug-likeness (QED) is 0.428. The summed E-state index contributed by atoms with van der Waals surface area (Å²) in [6.07, 6.45) is 13.5. The first-order valence-electron chi connectivity index (χ1n) is 10.0. The van der Waals surface area contributed by atoms with Crippen LogP contribution in [0.2, 0.25) is 0 Å². The van der Waals surface area contributed by atoms with Crippen LogP contribution in [0.3, 0.4) is 0 Å². The lowest BCUT2D eigenvalue weighted by molar-refractivity contribution is 0.476. The molecular formula is C22H34N2O. The number of pyridine rings is 1. The van der Waals surface area contributed by atoms with Gasteiger partial charge in [-0.3, -0.25) is 4.98 Å². The number of aryl methyl sites for hydroxylation is 1. The van der Waals surface area contributed by atoms with E-state index in [9.17, 15) is 5.11 Å². The minimum absolute atomic E-state index is 0.292. The molecule has 3 nitrogen and oxygen atoms in total. The van der Waals surface area contributed by atoms with Crippen LogP contribution in [0, 0.1) is 6.92 Å². The topological polar surface area (TPSA) is 45.2 Å². The number of aromatic nitrogens is 1. The Morgan fingerprint density at radius 3 is 2.20 bits per heavy atom. The molecule has 1 aromatic carbocycles. The lowest BCUT2D eigenvalue weighted by atomic mass is 10.1.